The summed E-state index contributed by atoms with van der Waals surface area (Å²) in [5, 5.41) is 45.9. The maximum Gasteiger partial charge on any atom is 0.200 e. The molecule has 3 heterocycles. The van der Waals surface area contributed by atoms with Crippen molar-refractivity contribution < 1.29 is 39.4 Å². The Morgan fingerprint density at radius 2 is 1.77 bits per heavy atom. The second kappa shape index (κ2) is 15.9. The number of aliphatic hydroxyl groups excluding tert-OH is 2. The van der Waals surface area contributed by atoms with Crippen LogP contribution in [0.3, 0.4) is 0 Å². The van der Waals surface area contributed by atoms with Gasteiger partial charge in [-0.15, -0.1) is 0 Å². The van der Waals surface area contributed by atoms with Gasteiger partial charge in [0, 0.05) is 30.8 Å². The van der Waals surface area contributed by atoms with Crippen LogP contribution in [0.25, 0.3) is 0 Å². The first-order valence-corrected chi connectivity index (χ1v) is 16.5. The molecule has 0 spiro atoms. The van der Waals surface area contributed by atoms with E-state index in [0.29, 0.717) is 61.4 Å². The average Bonchev–Trinajstić information content (AvgIpc) is 3.06. The number of hydrogen-bond acceptors (Lipinski definition) is 11. The smallest absolute Gasteiger partial charge is 0.200 e. The zero-order chi connectivity index (χ0) is 33.5. The van der Waals surface area contributed by atoms with Crippen molar-refractivity contribution in [3.05, 3.63) is 65.4 Å². The highest BCUT2D eigenvalue weighted by molar-refractivity contribution is 5.53. The summed E-state index contributed by atoms with van der Waals surface area (Å²) in [5.41, 5.74) is 8.73. The Balaban J connectivity index is 1.34. The number of rotatable bonds is 13. The Labute approximate surface area is 276 Å². The molecule has 5 rings (SSSR count). The number of pyridine rings is 1. The molecular weight excluding hydrogens is 602 g/mol. The Morgan fingerprint density at radius 3 is 2.51 bits per heavy atom. The van der Waals surface area contributed by atoms with Gasteiger partial charge in [0.1, 0.15) is 12.4 Å². The number of benzene rings is 2. The van der Waals surface area contributed by atoms with Crippen LogP contribution in [-0.2, 0) is 17.6 Å². The van der Waals surface area contributed by atoms with Gasteiger partial charge in [0.15, 0.2) is 23.0 Å². The van der Waals surface area contributed by atoms with Gasteiger partial charge in [-0.05, 0) is 111 Å². The summed E-state index contributed by atoms with van der Waals surface area (Å²) in [6.45, 7) is 2.38. The third kappa shape index (κ3) is 8.58. The highest BCUT2D eigenvalue weighted by Gasteiger charge is 2.39. The van der Waals surface area contributed by atoms with Crippen LogP contribution < -0.4 is 25.3 Å². The minimum Gasteiger partial charge on any atom is -0.504 e. The molecule has 0 aliphatic carbocycles. The molecule has 2 aliphatic heterocycles. The zero-order valence-corrected chi connectivity index (χ0v) is 27.5. The van der Waals surface area contributed by atoms with Crippen LogP contribution in [0.5, 0.6) is 28.7 Å². The molecule has 2 aromatic carbocycles. The molecule has 0 saturated carbocycles. The zero-order valence-electron chi connectivity index (χ0n) is 27.5. The number of piperidine rings is 1. The van der Waals surface area contributed by atoms with E-state index in [1.54, 1.807) is 30.5 Å². The van der Waals surface area contributed by atoms with Crippen molar-refractivity contribution in [2.45, 2.75) is 82.3 Å². The number of anilines is 1. The Morgan fingerprint density at radius 1 is 0.979 bits per heavy atom. The maximum atomic E-state index is 11.3. The van der Waals surface area contributed by atoms with Crippen LogP contribution in [0.15, 0.2) is 48.7 Å². The molecule has 256 valence electrons. The van der Waals surface area contributed by atoms with E-state index < -0.39 is 12.2 Å². The number of ether oxygens (including phenoxy) is 4. The molecule has 3 aromatic rings. The van der Waals surface area contributed by atoms with Gasteiger partial charge in [-0.25, -0.2) is 4.98 Å². The number of aryl methyl sites for hydroxylation is 1. The summed E-state index contributed by atoms with van der Waals surface area (Å²) >= 11 is 0. The van der Waals surface area contributed by atoms with Crippen molar-refractivity contribution >= 4 is 5.82 Å². The largest absolute Gasteiger partial charge is 0.504 e. The molecule has 11 nitrogen and oxygen atoms in total. The van der Waals surface area contributed by atoms with Crippen LogP contribution in [0.4, 0.5) is 5.82 Å². The minimum absolute atomic E-state index is 0.0278. The number of nitrogens with one attached hydrogen (secondary N) is 1. The number of aromatic hydroxyl groups is 2. The molecule has 0 bridgehead atoms. The fraction of sp³-hybridized carbons (Fsp3) is 0.528. The van der Waals surface area contributed by atoms with E-state index in [0.717, 1.165) is 30.4 Å². The summed E-state index contributed by atoms with van der Waals surface area (Å²) < 4.78 is 23.8. The lowest BCUT2D eigenvalue weighted by Gasteiger charge is -2.40. The van der Waals surface area contributed by atoms with Crippen LogP contribution in [-0.4, -0.2) is 77.1 Å². The number of methoxy groups -OCH3 is 2. The van der Waals surface area contributed by atoms with E-state index in [1.165, 1.54) is 14.2 Å². The van der Waals surface area contributed by atoms with Crippen molar-refractivity contribution in [1.82, 2.24) is 10.3 Å². The molecule has 2 saturated heterocycles. The van der Waals surface area contributed by atoms with Crippen molar-refractivity contribution in [3.8, 4) is 28.7 Å². The van der Waals surface area contributed by atoms with E-state index >= 15 is 0 Å². The van der Waals surface area contributed by atoms with E-state index in [2.05, 4.69) is 17.2 Å². The first-order chi connectivity index (χ1) is 22.7. The monoisotopic (exact) mass is 651 g/mol. The molecule has 7 N–H and O–H groups in total. The average molecular weight is 652 g/mol. The molecule has 7 atom stereocenters. The van der Waals surface area contributed by atoms with Gasteiger partial charge in [0.25, 0.3) is 0 Å². The summed E-state index contributed by atoms with van der Waals surface area (Å²) in [6, 6.07) is 13.0. The van der Waals surface area contributed by atoms with Crippen molar-refractivity contribution in [2.24, 2.45) is 11.8 Å². The molecular formula is C36H49N3O8. The second-order valence-electron chi connectivity index (χ2n) is 12.9. The number of hydrogen-bond donors (Lipinski definition) is 6. The first-order valence-electron chi connectivity index (χ1n) is 16.5. The van der Waals surface area contributed by atoms with Gasteiger partial charge in [-0.3, -0.25) is 0 Å². The fourth-order valence-corrected chi connectivity index (χ4v) is 7.03. The van der Waals surface area contributed by atoms with Gasteiger partial charge < -0.3 is 50.4 Å². The van der Waals surface area contributed by atoms with Crippen LogP contribution >= 0.6 is 0 Å². The Bertz CT molecular complexity index is 1470. The number of aliphatic hydroxyl groups is 2. The van der Waals surface area contributed by atoms with Gasteiger partial charge in [-0.1, -0.05) is 6.07 Å². The molecule has 11 heteroatoms. The number of nitrogens with zero attached hydrogens (tertiary/aromatic N) is 1. The van der Waals surface area contributed by atoms with E-state index in [1.807, 2.05) is 18.2 Å². The molecule has 1 aromatic heterocycles. The third-order valence-corrected chi connectivity index (χ3v) is 9.60. The van der Waals surface area contributed by atoms with Gasteiger partial charge >= 0.3 is 0 Å². The first kappa shape index (κ1) is 34.6. The molecule has 47 heavy (non-hydrogen) atoms. The fourth-order valence-electron chi connectivity index (χ4n) is 7.03. The van der Waals surface area contributed by atoms with Gasteiger partial charge in [0.05, 0.1) is 32.5 Å². The summed E-state index contributed by atoms with van der Waals surface area (Å²) in [4.78, 5) is 4.12. The van der Waals surface area contributed by atoms with Gasteiger partial charge in [0.2, 0.25) is 5.75 Å². The maximum absolute atomic E-state index is 11.3. The van der Waals surface area contributed by atoms with E-state index in [4.69, 9.17) is 24.7 Å². The van der Waals surface area contributed by atoms with Crippen molar-refractivity contribution in [3.63, 3.8) is 0 Å². The predicted octanol–water partition coefficient (Wildman–Crippen LogP) is 4.29. The lowest BCUT2D eigenvalue weighted by molar-refractivity contribution is -0.144. The van der Waals surface area contributed by atoms with E-state index in [-0.39, 0.29) is 47.7 Å². The number of phenols is 2. The standard InChI is InChI=1S/C36H49N3O8/c1-21-4-7-24(14-23-10-12-38-34(37)16-23)28(39-21)20-46-33-18-25(17-32(45-3)35(33)43)36-27(11-13-40)30(42)19-26(47-36)8-5-22-6-9-29(41)31(15-22)44-2/h6,9-10,12,15-18,21,24,26-28,30,36,39-43H,4-5,7-8,11,13-14,19-20H2,1-3H3,(H2,37,38). The topological polar surface area (TPSA) is 169 Å². The summed E-state index contributed by atoms with van der Waals surface area (Å²) in [6.07, 6.45) is 5.12. The lowest BCUT2D eigenvalue weighted by Crippen LogP contribution is -2.50. The van der Waals surface area contributed by atoms with Gasteiger partial charge in [-0.2, -0.15) is 0 Å². The minimum atomic E-state index is -0.708. The summed E-state index contributed by atoms with van der Waals surface area (Å²) in [5.74, 6) is 1.31. The quantitative estimate of drug-likeness (QED) is 0.156. The van der Waals surface area contributed by atoms with Crippen molar-refractivity contribution in [1.29, 1.82) is 0 Å². The summed E-state index contributed by atoms with van der Waals surface area (Å²) in [7, 11) is 3.00. The Hall–Kier alpha value is -3.77. The molecule has 2 aliphatic rings. The predicted molar refractivity (Wildman–Crippen MR) is 178 cm³/mol. The SMILES string of the molecule is COc1cc(CCC2CC(O)C(CCO)C(c3cc(OC)c(O)c(OCC4NC(C)CCC4Cc4ccnc(N)c4)c3)O2)ccc1O. The van der Waals surface area contributed by atoms with Crippen LogP contribution in [0, 0.1) is 11.8 Å². The highest BCUT2D eigenvalue weighted by Crippen LogP contribution is 2.45. The van der Waals surface area contributed by atoms with Crippen molar-refractivity contribution in [2.75, 3.05) is 33.2 Å². The number of aromatic nitrogens is 1. The second-order valence-corrected chi connectivity index (χ2v) is 12.9. The molecule has 2 fully saturated rings. The Kier molecular flexibility index (Phi) is 11.7. The molecule has 0 amide bonds. The number of nitrogens with two attached hydrogens (primary N) is 1. The number of phenolic OH excluding ortho intramolecular Hbond substituents is 2. The normalized spacial score (nSPS) is 26.1. The lowest BCUT2D eigenvalue weighted by atomic mass is 9.82. The van der Waals surface area contributed by atoms with Crippen LogP contribution in [0.2, 0.25) is 0 Å². The number of nitrogen functional groups attached to an aromatic ring is 1. The highest BCUT2D eigenvalue weighted by atomic mass is 16.5. The van der Waals surface area contributed by atoms with Crippen LogP contribution in [0.1, 0.15) is 61.8 Å². The molecule has 0 radical (unpaired) electrons. The molecule has 7 unspecified atom stereocenters. The van der Waals surface area contributed by atoms with E-state index in [9.17, 15) is 20.4 Å². The third-order valence-electron chi connectivity index (χ3n) is 9.60.